The molecular formula is C36H47N2O11PS. The Balaban J connectivity index is 1.30. The van der Waals surface area contributed by atoms with Gasteiger partial charge < -0.3 is 38.6 Å². The Morgan fingerprint density at radius 1 is 0.980 bits per heavy atom. The van der Waals surface area contributed by atoms with Gasteiger partial charge in [0.15, 0.2) is 12.6 Å². The fourth-order valence-corrected chi connectivity index (χ4v) is 8.59. The number of benzene rings is 3. The molecular weight excluding hydrogens is 699 g/mol. The number of hydrogen-bond donors (Lipinski definition) is 2. The van der Waals surface area contributed by atoms with Crippen molar-refractivity contribution in [3.05, 3.63) is 84.4 Å². The van der Waals surface area contributed by atoms with Gasteiger partial charge in [0.05, 0.1) is 43.3 Å². The number of carbonyl (C=O) groups is 1. The van der Waals surface area contributed by atoms with Crippen LogP contribution in [-0.4, -0.2) is 94.9 Å². The van der Waals surface area contributed by atoms with Gasteiger partial charge in [-0.15, -0.1) is 0 Å². The van der Waals surface area contributed by atoms with E-state index in [-0.39, 0.29) is 49.2 Å². The van der Waals surface area contributed by atoms with E-state index in [1.54, 1.807) is 60.7 Å². The molecule has 2 heterocycles. The van der Waals surface area contributed by atoms with Crippen molar-refractivity contribution >= 4 is 23.5 Å². The molecule has 1 unspecified atom stereocenters. The molecule has 13 nitrogen and oxygen atoms in total. The van der Waals surface area contributed by atoms with Gasteiger partial charge in [0.2, 0.25) is 10.0 Å². The van der Waals surface area contributed by atoms with Crippen LogP contribution in [0.15, 0.2) is 83.8 Å². The number of sulfonamides is 1. The highest BCUT2D eigenvalue weighted by Gasteiger charge is 2.44. The first-order valence-corrected chi connectivity index (χ1v) is 20.6. The Morgan fingerprint density at radius 2 is 1.67 bits per heavy atom. The van der Waals surface area contributed by atoms with Crippen molar-refractivity contribution in [2.75, 3.05) is 46.4 Å². The van der Waals surface area contributed by atoms with E-state index in [1.807, 2.05) is 19.9 Å². The topological polar surface area (TPSA) is 159 Å². The first-order chi connectivity index (χ1) is 24.3. The lowest BCUT2D eigenvalue weighted by Crippen LogP contribution is -2.51. The van der Waals surface area contributed by atoms with Gasteiger partial charge in [-0.1, -0.05) is 44.2 Å². The highest BCUT2D eigenvalue weighted by molar-refractivity contribution is 7.89. The van der Waals surface area contributed by atoms with Gasteiger partial charge in [-0.05, 0) is 72.9 Å². The number of rotatable bonds is 17. The Labute approximate surface area is 299 Å². The van der Waals surface area contributed by atoms with Crippen LogP contribution in [0.2, 0.25) is 0 Å². The standard InChI is InChI=1S/C36H47N2O11PS/c1-25(2)21-38(51(42,43)30-16-14-27(44-3)15-17-30)22-33(39)32(37-36(40)48-34-23-46-35-31(34)18-19-45-35)20-26-10-12-28(13-11-26)47-24-50(4,41)49-29-8-6-5-7-9-29/h5-17,25,31-35,39H,18-24H2,1-4H3,(H,37,40)/t31-,32-,33+,34-,35+,50?/m0/s1. The molecule has 278 valence electrons. The van der Waals surface area contributed by atoms with E-state index >= 15 is 0 Å². The SMILES string of the molecule is COc1ccc(S(=O)(=O)N(CC(C)C)C[C@@H](O)[C@H](Cc2ccc(OCP(C)(=O)Oc3ccccc3)cc2)NC(=O)O[C@H]2CO[C@H]3OCC[C@H]32)cc1. The number of nitrogens with one attached hydrogen (secondary N) is 1. The summed E-state index contributed by atoms with van der Waals surface area (Å²) in [4.78, 5) is 13.3. The van der Waals surface area contributed by atoms with E-state index in [1.165, 1.54) is 30.2 Å². The van der Waals surface area contributed by atoms with Gasteiger partial charge in [0, 0.05) is 19.8 Å². The second-order valence-electron chi connectivity index (χ2n) is 13.2. The van der Waals surface area contributed by atoms with E-state index in [0.717, 1.165) is 0 Å². The van der Waals surface area contributed by atoms with E-state index < -0.39 is 48.0 Å². The minimum Gasteiger partial charge on any atom is -0.497 e. The second kappa shape index (κ2) is 17.2. The first-order valence-electron chi connectivity index (χ1n) is 16.9. The van der Waals surface area contributed by atoms with Gasteiger partial charge >= 0.3 is 6.09 Å². The van der Waals surface area contributed by atoms with Crippen LogP contribution >= 0.6 is 7.37 Å². The summed E-state index contributed by atoms with van der Waals surface area (Å²) in [7, 11) is -5.66. The van der Waals surface area contributed by atoms with Gasteiger partial charge in [-0.3, -0.25) is 4.57 Å². The molecule has 0 aromatic heterocycles. The molecule has 0 radical (unpaired) electrons. The molecule has 51 heavy (non-hydrogen) atoms. The van der Waals surface area contributed by atoms with Crippen LogP contribution in [0.5, 0.6) is 17.2 Å². The van der Waals surface area contributed by atoms with Crippen LogP contribution in [0, 0.1) is 11.8 Å². The first kappa shape index (κ1) is 38.6. The number of methoxy groups -OCH3 is 1. The molecule has 0 saturated carbocycles. The summed E-state index contributed by atoms with van der Waals surface area (Å²) in [6.07, 6.45) is -2.34. The average Bonchev–Trinajstić information content (AvgIpc) is 3.72. The number of carbonyl (C=O) groups excluding carboxylic acids is 1. The number of fused-ring (bicyclic) bond motifs is 1. The number of hydrogen-bond acceptors (Lipinski definition) is 11. The third-order valence-electron chi connectivity index (χ3n) is 8.55. The van der Waals surface area contributed by atoms with Crippen molar-refractivity contribution < 1.29 is 51.1 Å². The molecule has 3 aromatic rings. The van der Waals surface area contributed by atoms with Crippen LogP contribution in [-0.2, 0) is 35.2 Å². The molecule has 6 atom stereocenters. The second-order valence-corrected chi connectivity index (χ2v) is 17.6. The minimum absolute atomic E-state index is 0.0519. The normalized spacial score (nSPS) is 21.0. The number of alkyl carbamates (subject to hydrolysis) is 1. The summed E-state index contributed by atoms with van der Waals surface area (Å²) < 4.78 is 75.3. The lowest BCUT2D eigenvalue weighted by Gasteiger charge is -2.31. The van der Waals surface area contributed by atoms with Gasteiger partial charge in [0.25, 0.3) is 7.37 Å². The molecule has 5 rings (SSSR count). The fourth-order valence-electron chi connectivity index (χ4n) is 5.96. The van der Waals surface area contributed by atoms with Crippen molar-refractivity contribution in [3.63, 3.8) is 0 Å². The maximum absolute atomic E-state index is 13.8. The van der Waals surface area contributed by atoms with Gasteiger partial charge in [-0.25, -0.2) is 13.2 Å². The maximum atomic E-state index is 13.8. The molecule has 2 aliphatic heterocycles. The lowest BCUT2D eigenvalue weighted by atomic mass is 10.0. The van der Waals surface area contributed by atoms with Gasteiger partial charge in [-0.2, -0.15) is 4.31 Å². The average molecular weight is 747 g/mol. The van der Waals surface area contributed by atoms with E-state index in [9.17, 15) is 22.9 Å². The van der Waals surface area contributed by atoms with Crippen LogP contribution in [0.1, 0.15) is 25.8 Å². The Bertz CT molecular complexity index is 1730. The van der Waals surface area contributed by atoms with Crippen molar-refractivity contribution in [2.45, 2.75) is 56.1 Å². The van der Waals surface area contributed by atoms with Crippen LogP contribution in [0.25, 0.3) is 0 Å². The molecule has 2 saturated heterocycles. The summed E-state index contributed by atoms with van der Waals surface area (Å²) in [6, 6.07) is 20.8. The molecule has 1 amide bonds. The largest absolute Gasteiger partial charge is 0.497 e. The zero-order chi connectivity index (χ0) is 36.6. The predicted molar refractivity (Wildman–Crippen MR) is 190 cm³/mol. The molecule has 2 fully saturated rings. The number of nitrogens with zero attached hydrogens (tertiary/aromatic N) is 1. The quantitative estimate of drug-likeness (QED) is 0.177. The third-order valence-corrected chi connectivity index (χ3v) is 11.6. The zero-order valence-electron chi connectivity index (χ0n) is 29.3. The van der Waals surface area contributed by atoms with Crippen molar-refractivity contribution in [1.82, 2.24) is 9.62 Å². The summed E-state index contributed by atoms with van der Waals surface area (Å²) in [5.74, 6) is 1.30. The highest BCUT2D eigenvalue weighted by Crippen LogP contribution is 2.43. The van der Waals surface area contributed by atoms with Crippen molar-refractivity contribution in [1.29, 1.82) is 0 Å². The molecule has 2 N–H and O–H groups in total. The Morgan fingerprint density at radius 3 is 2.33 bits per heavy atom. The van der Waals surface area contributed by atoms with E-state index in [2.05, 4.69) is 5.32 Å². The number of ether oxygens (including phenoxy) is 5. The van der Waals surface area contributed by atoms with Crippen LogP contribution in [0.3, 0.4) is 0 Å². The molecule has 0 bridgehead atoms. The monoisotopic (exact) mass is 746 g/mol. The summed E-state index contributed by atoms with van der Waals surface area (Å²) in [6.45, 7) is 5.81. The summed E-state index contributed by atoms with van der Waals surface area (Å²) >= 11 is 0. The highest BCUT2D eigenvalue weighted by atomic mass is 32.2. The number of aliphatic hydroxyl groups excluding tert-OH is 1. The molecule has 0 aliphatic carbocycles. The molecule has 0 spiro atoms. The fraction of sp³-hybridized carbons (Fsp3) is 0.472. The van der Waals surface area contributed by atoms with E-state index in [0.29, 0.717) is 35.8 Å². The lowest BCUT2D eigenvalue weighted by molar-refractivity contribution is -0.0907. The molecule has 15 heteroatoms. The predicted octanol–water partition coefficient (Wildman–Crippen LogP) is 5.12. The molecule has 2 aliphatic rings. The Hall–Kier alpha value is -3.65. The van der Waals surface area contributed by atoms with E-state index in [4.69, 9.17) is 28.2 Å². The van der Waals surface area contributed by atoms with Crippen LogP contribution in [0.4, 0.5) is 4.79 Å². The number of para-hydroxylation sites is 1. The number of amides is 1. The minimum atomic E-state index is -4.03. The maximum Gasteiger partial charge on any atom is 0.407 e. The van der Waals surface area contributed by atoms with Crippen molar-refractivity contribution in [3.8, 4) is 17.2 Å². The Kier molecular flexibility index (Phi) is 13.0. The number of aliphatic hydroxyl groups is 1. The smallest absolute Gasteiger partial charge is 0.407 e. The summed E-state index contributed by atoms with van der Waals surface area (Å²) in [5, 5.41) is 14.4. The van der Waals surface area contributed by atoms with Crippen molar-refractivity contribution in [2.24, 2.45) is 11.8 Å². The third kappa shape index (κ3) is 10.7. The van der Waals surface area contributed by atoms with Crippen LogP contribution < -0.4 is 19.3 Å². The molecule has 3 aromatic carbocycles. The van der Waals surface area contributed by atoms with Gasteiger partial charge in [0.1, 0.15) is 23.4 Å². The summed E-state index contributed by atoms with van der Waals surface area (Å²) in [5.41, 5.74) is 0.716. The zero-order valence-corrected chi connectivity index (χ0v) is 31.0.